The summed E-state index contributed by atoms with van der Waals surface area (Å²) < 4.78 is 6.14. The van der Waals surface area contributed by atoms with Gasteiger partial charge in [0.2, 0.25) is 0 Å². The van der Waals surface area contributed by atoms with E-state index in [9.17, 15) is 9.59 Å². The van der Waals surface area contributed by atoms with E-state index in [0.717, 1.165) is 9.26 Å². The van der Waals surface area contributed by atoms with Gasteiger partial charge in [-0.1, -0.05) is 0 Å². The Morgan fingerprint density at radius 3 is 2.21 bits per heavy atom. The molecule has 0 bridgehead atoms. The number of carbonyl (C=O) groups is 2. The Morgan fingerprint density at radius 1 is 0.958 bits per heavy atom. The number of anilines is 1. The predicted octanol–water partition coefficient (Wildman–Crippen LogP) is 2.85. The van der Waals surface area contributed by atoms with Gasteiger partial charge in [0.15, 0.2) is 0 Å². The molecule has 3 N–H and O–H groups in total. The summed E-state index contributed by atoms with van der Waals surface area (Å²) in [7, 11) is 1.57. The van der Waals surface area contributed by atoms with Crippen molar-refractivity contribution in [2.45, 2.75) is 0 Å². The van der Waals surface area contributed by atoms with E-state index in [2.05, 4.69) is 38.5 Å². The number of halogens is 1. The first-order valence-corrected chi connectivity index (χ1v) is 8.39. The van der Waals surface area contributed by atoms with Gasteiger partial charge in [0, 0.05) is 27.9 Å². The van der Waals surface area contributed by atoms with E-state index < -0.39 is 0 Å². The molecule has 0 atom stereocenters. The summed E-state index contributed by atoms with van der Waals surface area (Å²) in [6.07, 6.45) is 0. The molecule has 3 amide bonds. The smallest absolute Gasteiger partial charge is 0.319 e. The van der Waals surface area contributed by atoms with Crippen molar-refractivity contribution in [3.8, 4) is 5.75 Å². The first-order valence-electron chi connectivity index (χ1n) is 7.31. The fraction of sp³-hybridized carbons (Fsp3) is 0.176. The van der Waals surface area contributed by atoms with Crippen LogP contribution in [0.5, 0.6) is 5.75 Å². The number of ether oxygens (including phenoxy) is 1. The number of urea groups is 1. The molecule has 2 rings (SSSR count). The van der Waals surface area contributed by atoms with E-state index in [1.165, 1.54) is 0 Å². The highest BCUT2D eigenvalue weighted by Crippen LogP contribution is 2.11. The highest BCUT2D eigenvalue weighted by molar-refractivity contribution is 14.1. The Kier molecular flexibility index (Phi) is 6.86. The zero-order chi connectivity index (χ0) is 17.4. The number of amides is 3. The molecule has 0 aromatic heterocycles. The molecule has 0 aliphatic carbocycles. The molecule has 126 valence electrons. The van der Waals surface area contributed by atoms with Gasteiger partial charge in [0.05, 0.1) is 7.11 Å². The number of methoxy groups -OCH3 is 1. The molecule has 6 nitrogen and oxygen atoms in total. The van der Waals surface area contributed by atoms with Gasteiger partial charge in [-0.2, -0.15) is 0 Å². The van der Waals surface area contributed by atoms with E-state index in [1.807, 2.05) is 24.3 Å². The zero-order valence-corrected chi connectivity index (χ0v) is 15.3. The van der Waals surface area contributed by atoms with E-state index in [0.29, 0.717) is 24.4 Å². The molecular weight excluding hydrogens is 421 g/mol. The van der Waals surface area contributed by atoms with Crippen LogP contribution in [0.1, 0.15) is 10.4 Å². The lowest BCUT2D eigenvalue weighted by molar-refractivity contribution is 0.0954. The van der Waals surface area contributed by atoms with Crippen LogP contribution in [0.4, 0.5) is 10.5 Å². The maximum absolute atomic E-state index is 11.9. The van der Waals surface area contributed by atoms with E-state index in [1.54, 1.807) is 31.4 Å². The first kappa shape index (κ1) is 18.1. The van der Waals surface area contributed by atoms with Gasteiger partial charge in [0.25, 0.3) is 5.91 Å². The quantitative estimate of drug-likeness (QED) is 0.479. The molecule has 7 heteroatoms. The monoisotopic (exact) mass is 439 g/mol. The lowest BCUT2D eigenvalue weighted by Crippen LogP contribution is -2.36. The maximum atomic E-state index is 11.9. The first-order chi connectivity index (χ1) is 11.6. The van der Waals surface area contributed by atoms with E-state index in [-0.39, 0.29) is 11.9 Å². The highest BCUT2D eigenvalue weighted by atomic mass is 127. The molecule has 0 heterocycles. The van der Waals surface area contributed by atoms with Gasteiger partial charge in [-0.15, -0.1) is 0 Å². The Labute approximate surface area is 154 Å². The van der Waals surface area contributed by atoms with E-state index >= 15 is 0 Å². The summed E-state index contributed by atoms with van der Waals surface area (Å²) in [4.78, 5) is 23.7. The maximum Gasteiger partial charge on any atom is 0.319 e. The average molecular weight is 439 g/mol. The third-order valence-corrected chi connectivity index (χ3v) is 3.87. The standard InChI is InChI=1S/C17H18IN3O3/c1-24-15-8-2-12(3-9-15)16(22)19-10-11-20-17(23)21-14-6-4-13(18)5-7-14/h2-9H,10-11H2,1H3,(H,19,22)(H2,20,21,23). The number of hydrogen-bond acceptors (Lipinski definition) is 3. The fourth-order valence-electron chi connectivity index (χ4n) is 1.91. The molecule has 2 aromatic rings. The molecule has 0 radical (unpaired) electrons. The zero-order valence-electron chi connectivity index (χ0n) is 13.1. The molecule has 24 heavy (non-hydrogen) atoms. The van der Waals surface area contributed by atoms with Crippen molar-refractivity contribution in [2.24, 2.45) is 0 Å². The Hall–Kier alpha value is -2.29. The normalized spacial score (nSPS) is 9.92. The van der Waals surface area contributed by atoms with Gasteiger partial charge in [-0.25, -0.2) is 4.79 Å². The van der Waals surface area contributed by atoms with Crippen LogP contribution >= 0.6 is 22.6 Å². The van der Waals surface area contributed by atoms with Crippen molar-refractivity contribution < 1.29 is 14.3 Å². The molecule has 0 aliphatic rings. The minimum absolute atomic E-state index is 0.197. The molecule has 0 spiro atoms. The molecule has 0 fully saturated rings. The van der Waals surface area contributed by atoms with Crippen LogP contribution in [-0.4, -0.2) is 32.1 Å². The van der Waals surface area contributed by atoms with Crippen LogP contribution < -0.4 is 20.7 Å². The second-order valence-electron chi connectivity index (χ2n) is 4.87. The lowest BCUT2D eigenvalue weighted by atomic mass is 10.2. The minimum Gasteiger partial charge on any atom is -0.497 e. The summed E-state index contributed by atoms with van der Waals surface area (Å²) in [5, 5.41) is 8.15. The molecular formula is C17H18IN3O3. The van der Waals surface area contributed by atoms with Crippen molar-refractivity contribution in [3.63, 3.8) is 0 Å². The number of rotatable bonds is 6. The van der Waals surface area contributed by atoms with Gasteiger partial charge >= 0.3 is 6.03 Å². The lowest BCUT2D eigenvalue weighted by Gasteiger charge is -2.09. The Balaban J connectivity index is 1.68. The summed E-state index contributed by atoms with van der Waals surface area (Å²) >= 11 is 2.20. The third-order valence-electron chi connectivity index (χ3n) is 3.15. The van der Waals surface area contributed by atoms with Crippen LogP contribution in [0.2, 0.25) is 0 Å². The van der Waals surface area contributed by atoms with Crippen molar-refractivity contribution in [1.82, 2.24) is 10.6 Å². The van der Waals surface area contributed by atoms with Gasteiger partial charge in [-0.05, 0) is 71.1 Å². The van der Waals surface area contributed by atoms with Crippen molar-refractivity contribution >= 4 is 40.2 Å². The van der Waals surface area contributed by atoms with Gasteiger partial charge in [-0.3, -0.25) is 4.79 Å². The van der Waals surface area contributed by atoms with Crippen LogP contribution in [-0.2, 0) is 0 Å². The summed E-state index contributed by atoms with van der Waals surface area (Å²) in [5.41, 5.74) is 1.26. The topological polar surface area (TPSA) is 79.5 Å². The van der Waals surface area contributed by atoms with Crippen molar-refractivity contribution in [3.05, 3.63) is 57.7 Å². The summed E-state index contributed by atoms with van der Waals surface area (Å²) in [5.74, 6) is 0.498. The average Bonchev–Trinajstić information content (AvgIpc) is 2.60. The second-order valence-corrected chi connectivity index (χ2v) is 6.12. The molecule has 0 unspecified atom stereocenters. The molecule has 0 saturated carbocycles. The largest absolute Gasteiger partial charge is 0.497 e. The van der Waals surface area contributed by atoms with E-state index in [4.69, 9.17) is 4.74 Å². The van der Waals surface area contributed by atoms with Gasteiger partial charge in [0.1, 0.15) is 5.75 Å². The number of hydrogen-bond donors (Lipinski definition) is 3. The second kappa shape index (κ2) is 9.11. The number of nitrogens with one attached hydrogen (secondary N) is 3. The van der Waals surface area contributed by atoms with Crippen LogP contribution in [0.3, 0.4) is 0 Å². The highest BCUT2D eigenvalue weighted by Gasteiger charge is 2.05. The van der Waals surface area contributed by atoms with Crippen molar-refractivity contribution in [2.75, 3.05) is 25.5 Å². The molecule has 2 aromatic carbocycles. The summed E-state index contributed by atoms with van der Waals surface area (Å²) in [6, 6.07) is 14.0. The molecule has 0 aliphatic heterocycles. The SMILES string of the molecule is COc1ccc(C(=O)NCCNC(=O)Nc2ccc(I)cc2)cc1. The predicted molar refractivity (Wildman–Crippen MR) is 102 cm³/mol. The third kappa shape index (κ3) is 5.73. The number of benzene rings is 2. The summed E-state index contributed by atoms with van der Waals surface area (Å²) in [6.45, 7) is 0.670. The van der Waals surface area contributed by atoms with Crippen LogP contribution in [0, 0.1) is 3.57 Å². The Morgan fingerprint density at radius 2 is 1.58 bits per heavy atom. The Bertz CT molecular complexity index is 687. The van der Waals surface area contributed by atoms with Gasteiger partial charge < -0.3 is 20.7 Å². The molecule has 0 saturated heterocycles. The van der Waals surface area contributed by atoms with Crippen molar-refractivity contribution in [1.29, 1.82) is 0 Å². The fourth-order valence-corrected chi connectivity index (χ4v) is 2.26. The number of carbonyl (C=O) groups excluding carboxylic acids is 2. The van der Waals surface area contributed by atoms with Crippen LogP contribution in [0.15, 0.2) is 48.5 Å². The minimum atomic E-state index is -0.310. The van der Waals surface area contributed by atoms with Crippen LogP contribution in [0.25, 0.3) is 0 Å².